The Balaban J connectivity index is 1.22. The van der Waals surface area contributed by atoms with E-state index in [1.165, 1.54) is 11.0 Å². The van der Waals surface area contributed by atoms with Crippen molar-refractivity contribution >= 4 is 40.6 Å². The Morgan fingerprint density at radius 2 is 1.44 bits per heavy atom. The van der Waals surface area contributed by atoms with E-state index in [2.05, 4.69) is 9.88 Å². The molecule has 2 aliphatic heterocycles. The van der Waals surface area contributed by atoms with Gasteiger partial charge in [-0.25, -0.2) is 4.90 Å². The van der Waals surface area contributed by atoms with Crippen LogP contribution in [0.2, 0.25) is 5.02 Å². The number of nitrogens with zero attached hydrogens (tertiary/aromatic N) is 4. The molecule has 0 N–H and O–H groups in total. The number of hydrogen-bond acceptors (Lipinski definition) is 6. The molecule has 0 aliphatic carbocycles. The van der Waals surface area contributed by atoms with E-state index in [1.807, 2.05) is 29.2 Å². The lowest BCUT2D eigenvalue weighted by atomic mass is 10.0. The summed E-state index contributed by atoms with van der Waals surface area (Å²) in [4.78, 5) is 47.4. The summed E-state index contributed by atoms with van der Waals surface area (Å²) in [5, 5.41) is 0.543. The second-order valence-corrected chi connectivity index (χ2v) is 8.51. The second-order valence-electron chi connectivity index (χ2n) is 8.08. The maximum Gasteiger partial charge on any atom is 0.281 e. The van der Waals surface area contributed by atoms with Crippen LogP contribution in [0.5, 0.6) is 0 Å². The number of benzene rings is 2. The van der Waals surface area contributed by atoms with E-state index >= 15 is 0 Å². The van der Waals surface area contributed by atoms with Gasteiger partial charge in [-0.3, -0.25) is 19.4 Å². The monoisotopic (exact) mass is 472 g/mol. The average molecular weight is 473 g/mol. The summed E-state index contributed by atoms with van der Waals surface area (Å²) in [5.74, 6) is -0.733. The minimum atomic E-state index is -0.348. The lowest BCUT2D eigenvalue weighted by Gasteiger charge is -2.37. The van der Waals surface area contributed by atoms with Crippen LogP contribution in [-0.2, 0) is 9.59 Å². The zero-order valence-corrected chi connectivity index (χ0v) is 19.0. The third kappa shape index (κ3) is 4.18. The number of piperazine rings is 1. The standard InChI is InChI=1S/C26H21ClN4O3/c27-20-5-9-22(10-6-20)31-24(32)16-23(26(31)34)30-14-12-29(13-15-30)21-7-3-18(4-8-21)25(33)19-2-1-11-28-17-19/h1-11,16-17H,12-15H2. The molecule has 0 bridgehead atoms. The van der Waals surface area contributed by atoms with Crippen molar-refractivity contribution < 1.29 is 14.4 Å². The van der Waals surface area contributed by atoms with E-state index in [-0.39, 0.29) is 17.6 Å². The van der Waals surface area contributed by atoms with Crippen LogP contribution in [0.4, 0.5) is 11.4 Å². The molecule has 3 heterocycles. The maximum absolute atomic E-state index is 13.0. The number of ketones is 1. The topological polar surface area (TPSA) is 73.8 Å². The van der Waals surface area contributed by atoms with Crippen molar-refractivity contribution in [2.45, 2.75) is 0 Å². The third-order valence-electron chi connectivity index (χ3n) is 6.03. The number of carbonyl (C=O) groups excluding carboxylic acids is 3. The number of rotatable bonds is 5. The molecular weight excluding hydrogens is 452 g/mol. The van der Waals surface area contributed by atoms with Crippen LogP contribution in [0.3, 0.4) is 0 Å². The molecule has 3 aromatic rings. The van der Waals surface area contributed by atoms with E-state index in [0.717, 1.165) is 5.69 Å². The maximum atomic E-state index is 13.0. The van der Waals surface area contributed by atoms with Gasteiger partial charge < -0.3 is 9.80 Å². The van der Waals surface area contributed by atoms with E-state index < -0.39 is 0 Å². The zero-order valence-electron chi connectivity index (χ0n) is 18.2. The molecule has 0 unspecified atom stereocenters. The number of hydrogen-bond donors (Lipinski definition) is 0. The lowest BCUT2D eigenvalue weighted by Crippen LogP contribution is -2.47. The number of carbonyl (C=O) groups is 3. The number of amides is 2. The summed E-state index contributed by atoms with van der Waals surface area (Å²) in [6.07, 6.45) is 4.61. The predicted octanol–water partition coefficient (Wildman–Crippen LogP) is 3.55. The van der Waals surface area contributed by atoms with Crippen LogP contribution in [0.25, 0.3) is 0 Å². The summed E-state index contributed by atoms with van der Waals surface area (Å²) in [6, 6.07) is 17.6. The van der Waals surface area contributed by atoms with Gasteiger partial charge in [-0.2, -0.15) is 0 Å². The average Bonchev–Trinajstić information content (AvgIpc) is 3.18. The van der Waals surface area contributed by atoms with Crippen molar-refractivity contribution in [1.82, 2.24) is 9.88 Å². The van der Waals surface area contributed by atoms with Gasteiger partial charge in [-0.1, -0.05) is 11.6 Å². The SMILES string of the molecule is O=C(c1ccc(N2CCN(C3=CC(=O)N(c4ccc(Cl)cc4)C3=O)CC2)cc1)c1cccnc1. The molecule has 170 valence electrons. The van der Waals surface area contributed by atoms with Gasteiger partial charge >= 0.3 is 0 Å². The fourth-order valence-electron chi connectivity index (χ4n) is 4.21. The number of aromatic nitrogens is 1. The van der Waals surface area contributed by atoms with Gasteiger partial charge in [0.25, 0.3) is 11.8 Å². The van der Waals surface area contributed by atoms with Crippen LogP contribution < -0.4 is 9.80 Å². The Morgan fingerprint density at radius 3 is 2.09 bits per heavy atom. The molecule has 2 aromatic carbocycles. The first-order chi connectivity index (χ1) is 16.5. The highest BCUT2D eigenvalue weighted by Gasteiger charge is 2.36. The normalized spacial score (nSPS) is 16.1. The fraction of sp³-hybridized carbons (Fsp3) is 0.154. The van der Waals surface area contributed by atoms with Gasteiger partial charge in [0.15, 0.2) is 5.78 Å². The molecular formula is C26H21ClN4O3. The van der Waals surface area contributed by atoms with Crippen LogP contribution in [-0.4, -0.2) is 53.7 Å². The first-order valence-electron chi connectivity index (χ1n) is 10.9. The Kier molecular flexibility index (Phi) is 5.86. The highest BCUT2D eigenvalue weighted by molar-refractivity contribution is 6.32. The largest absolute Gasteiger partial charge is 0.368 e. The molecule has 0 radical (unpaired) electrons. The van der Waals surface area contributed by atoms with Crippen molar-refractivity contribution in [2.24, 2.45) is 0 Å². The van der Waals surface area contributed by atoms with Gasteiger partial charge in [0.05, 0.1) is 5.69 Å². The molecule has 2 aliphatic rings. The van der Waals surface area contributed by atoms with Crippen LogP contribution in [0.15, 0.2) is 84.8 Å². The van der Waals surface area contributed by atoms with E-state index in [1.54, 1.807) is 48.8 Å². The Hall–Kier alpha value is -3.97. The fourth-order valence-corrected chi connectivity index (χ4v) is 4.34. The second kappa shape index (κ2) is 9.11. The number of halogens is 1. The number of pyridine rings is 1. The quantitative estimate of drug-likeness (QED) is 0.417. The Morgan fingerprint density at radius 1 is 0.794 bits per heavy atom. The molecule has 1 aromatic heterocycles. The molecule has 1 fully saturated rings. The molecule has 0 saturated carbocycles. The van der Waals surface area contributed by atoms with Gasteiger partial charge in [-0.15, -0.1) is 0 Å². The first kappa shape index (κ1) is 21.9. The van der Waals surface area contributed by atoms with Crippen LogP contribution >= 0.6 is 11.6 Å². The highest BCUT2D eigenvalue weighted by Crippen LogP contribution is 2.27. The smallest absolute Gasteiger partial charge is 0.281 e. The number of imide groups is 1. The predicted molar refractivity (Wildman–Crippen MR) is 130 cm³/mol. The van der Waals surface area contributed by atoms with Crippen molar-refractivity contribution in [3.05, 3.63) is 101 Å². The molecule has 0 spiro atoms. The van der Waals surface area contributed by atoms with Crippen molar-refractivity contribution in [2.75, 3.05) is 36.0 Å². The third-order valence-corrected chi connectivity index (χ3v) is 6.28. The zero-order chi connectivity index (χ0) is 23.7. The number of anilines is 2. The lowest BCUT2D eigenvalue weighted by molar-refractivity contribution is -0.121. The van der Waals surface area contributed by atoms with Gasteiger partial charge in [0.2, 0.25) is 0 Å². The minimum Gasteiger partial charge on any atom is -0.368 e. The van der Waals surface area contributed by atoms with Gasteiger partial charge in [-0.05, 0) is 60.7 Å². The highest BCUT2D eigenvalue weighted by atomic mass is 35.5. The summed E-state index contributed by atoms with van der Waals surface area (Å²) in [5.41, 5.74) is 3.09. The van der Waals surface area contributed by atoms with Crippen molar-refractivity contribution in [3.8, 4) is 0 Å². The Labute approximate surface area is 201 Å². The first-order valence-corrected chi connectivity index (χ1v) is 11.3. The molecule has 7 nitrogen and oxygen atoms in total. The summed E-state index contributed by atoms with van der Waals surface area (Å²) >= 11 is 5.92. The summed E-state index contributed by atoms with van der Waals surface area (Å²) in [7, 11) is 0. The van der Waals surface area contributed by atoms with Gasteiger partial charge in [0.1, 0.15) is 5.70 Å². The summed E-state index contributed by atoms with van der Waals surface area (Å²) in [6.45, 7) is 2.59. The molecule has 8 heteroatoms. The van der Waals surface area contributed by atoms with E-state index in [4.69, 9.17) is 11.6 Å². The molecule has 34 heavy (non-hydrogen) atoms. The molecule has 5 rings (SSSR count). The molecule has 1 saturated heterocycles. The Bertz CT molecular complexity index is 1270. The summed E-state index contributed by atoms with van der Waals surface area (Å²) < 4.78 is 0. The minimum absolute atomic E-state index is 0.0638. The van der Waals surface area contributed by atoms with E-state index in [9.17, 15) is 14.4 Å². The van der Waals surface area contributed by atoms with E-state index in [0.29, 0.717) is 53.7 Å². The molecule has 2 amide bonds. The van der Waals surface area contributed by atoms with Crippen LogP contribution in [0.1, 0.15) is 15.9 Å². The van der Waals surface area contributed by atoms with Crippen molar-refractivity contribution in [3.63, 3.8) is 0 Å². The molecule has 0 atom stereocenters. The van der Waals surface area contributed by atoms with Crippen LogP contribution in [0, 0.1) is 0 Å². The van der Waals surface area contributed by atoms with Crippen molar-refractivity contribution in [1.29, 1.82) is 0 Å². The van der Waals surface area contributed by atoms with Gasteiger partial charge in [0, 0.05) is 66.5 Å².